The van der Waals surface area contributed by atoms with Gasteiger partial charge in [-0.05, 0) is 54.2 Å². The number of ether oxygens (including phenoxy) is 3. The van der Waals surface area contributed by atoms with Crippen molar-refractivity contribution >= 4 is 5.91 Å². The van der Waals surface area contributed by atoms with Gasteiger partial charge in [-0.2, -0.15) is 0 Å². The van der Waals surface area contributed by atoms with Gasteiger partial charge >= 0.3 is 0 Å². The first-order valence-electron chi connectivity index (χ1n) is 10.2. The van der Waals surface area contributed by atoms with Crippen molar-refractivity contribution in [2.45, 2.75) is 58.6 Å². The maximum Gasteiger partial charge on any atom is 0.261 e. The van der Waals surface area contributed by atoms with Gasteiger partial charge in [-0.15, -0.1) is 0 Å². The van der Waals surface area contributed by atoms with Crippen molar-refractivity contribution in [1.82, 2.24) is 5.32 Å². The Labute approximate surface area is 173 Å². The fourth-order valence-corrected chi connectivity index (χ4v) is 3.24. The summed E-state index contributed by atoms with van der Waals surface area (Å²) in [6.07, 6.45) is 0.0379. The first-order chi connectivity index (χ1) is 13.8. The van der Waals surface area contributed by atoms with Crippen molar-refractivity contribution in [3.05, 3.63) is 53.6 Å². The summed E-state index contributed by atoms with van der Waals surface area (Å²) in [5, 5.41) is 3.05. The van der Waals surface area contributed by atoms with Crippen molar-refractivity contribution in [2.75, 3.05) is 13.2 Å². The molecular formula is C24H31NO4. The Balaban J connectivity index is 1.63. The standard InChI is InChI=1S/C24H31NO4/c1-6-20(29-19-10-8-18(9-11-19)24(3,4)5)23(26)25-16(2)17-7-12-21-22(15-17)28-14-13-27-21/h7-12,15-16,20H,6,13-14H2,1-5H3,(H,25,26). The molecule has 0 aromatic heterocycles. The maximum absolute atomic E-state index is 12.8. The quantitative estimate of drug-likeness (QED) is 0.761. The Kier molecular flexibility index (Phi) is 6.36. The summed E-state index contributed by atoms with van der Waals surface area (Å²) in [4.78, 5) is 12.8. The summed E-state index contributed by atoms with van der Waals surface area (Å²) < 4.78 is 17.2. The zero-order chi connectivity index (χ0) is 21.0. The van der Waals surface area contributed by atoms with Crippen LogP contribution in [0.1, 0.15) is 58.2 Å². The lowest BCUT2D eigenvalue weighted by Crippen LogP contribution is -2.39. The first-order valence-corrected chi connectivity index (χ1v) is 10.2. The minimum Gasteiger partial charge on any atom is -0.486 e. The number of rotatable bonds is 6. The third-order valence-corrected chi connectivity index (χ3v) is 5.09. The van der Waals surface area contributed by atoms with E-state index < -0.39 is 6.10 Å². The fraction of sp³-hybridized carbons (Fsp3) is 0.458. The number of carbonyl (C=O) groups excluding carboxylic acids is 1. The van der Waals surface area contributed by atoms with Crippen LogP contribution in [0.2, 0.25) is 0 Å². The topological polar surface area (TPSA) is 56.8 Å². The zero-order valence-corrected chi connectivity index (χ0v) is 18.0. The highest BCUT2D eigenvalue weighted by Gasteiger charge is 2.22. The number of benzene rings is 2. The molecule has 0 aliphatic carbocycles. The molecule has 3 rings (SSSR count). The van der Waals surface area contributed by atoms with Gasteiger partial charge in [0.2, 0.25) is 0 Å². The van der Waals surface area contributed by atoms with Gasteiger partial charge in [0.1, 0.15) is 19.0 Å². The summed E-state index contributed by atoms with van der Waals surface area (Å²) >= 11 is 0. The molecule has 0 bridgehead atoms. The number of carbonyl (C=O) groups is 1. The van der Waals surface area contributed by atoms with Gasteiger partial charge in [0.15, 0.2) is 17.6 Å². The normalized spacial score (nSPS) is 15.3. The van der Waals surface area contributed by atoms with E-state index in [0.717, 1.165) is 17.1 Å². The third kappa shape index (κ3) is 5.22. The second-order valence-electron chi connectivity index (χ2n) is 8.42. The predicted octanol–water partition coefficient (Wildman–Crippen LogP) is 4.79. The van der Waals surface area contributed by atoms with Gasteiger partial charge in [-0.3, -0.25) is 4.79 Å². The van der Waals surface area contributed by atoms with Crippen LogP contribution < -0.4 is 19.5 Å². The molecule has 0 radical (unpaired) electrons. The van der Waals surface area contributed by atoms with Crippen LogP contribution in [0.4, 0.5) is 0 Å². The minimum atomic E-state index is -0.546. The van der Waals surface area contributed by atoms with E-state index in [1.165, 1.54) is 5.56 Å². The third-order valence-electron chi connectivity index (χ3n) is 5.09. The molecule has 0 saturated heterocycles. The highest BCUT2D eigenvalue weighted by molar-refractivity contribution is 5.81. The van der Waals surface area contributed by atoms with Crippen LogP contribution in [0.3, 0.4) is 0 Å². The highest BCUT2D eigenvalue weighted by atomic mass is 16.6. The van der Waals surface area contributed by atoms with E-state index in [0.29, 0.717) is 25.4 Å². The molecule has 2 aromatic rings. The van der Waals surface area contributed by atoms with Crippen LogP contribution in [0.5, 0.6) is 17.2 Å². The van der Waals surface area contributed by atoms with E-state index in [4.69, 9.17) is 14.2 Å². The van der Waals surface area contributed by atoms with Crippen LogP contribution in [0.25, 0.3) is 0 Å². The lowest BCUT2D eigenvalue weighted by molar-refractivity contribution is -0.128. The predicted molar refractivity (Wildman–Crippen MR) is 114 cm³/mol. The number of amides is 1. The molecule has 156 valence electrons. The second kappa shape index (κ2) is 8.76. The lowest BCUT2D eigenvalue weighted by Gasteiger charge is -2.23. The Bertz CT molecular complexity index is 839. The zero-order valence-electron chi connectivity index (χ0n) is 18.0. The SMILES string of the molecule is CCC(Oc1ccc(C(C)(C)C)cc1)C(=O)NC(C)c1ccc2c(c1)OCCO2. The number of fused-ring (bicyclic) bond motifs is 1. The molecule has 2 atom stereocenters. The Morgan fingerprint density at radius 1 is 1.07 bits per heavy atom. The molecule has 1 heterocycles. The van der Waals surface area contributed by atoms with Crippen molar-refractivity contribution in [1.29, 1.82) is 0 Å². The lowest BCUT2D eigenvalue weighted by atomic mass is 9.87. The van der Waals surface area contributed by atoms with Gasteiger partial charge in [-0.25, -0.2) is 0 Å². The molecule has 2 aromatic carbocycles. The number of hydrogen-bond donors (Lipinski definition) is 1. The van der Waals surface area contributed by atoms with Crippen molar-refractivity contribution in [3.63, 3.8) is 0 Å². The van der Waals surface area contributed by atoms with E-state index in [9.17, 15) is 4.79 Å². The molecule has 0 spiro atoms. The van der Waals surface area contributed by atoms with E-state index in [2.05, 4.69) is 38.2 Å². The van der Waals surface area contributed by atoms with Crippen molar-refractivity contribution in [3.8, 4) is 17.2 Å². The van der Waals surface area contributed by atoms with Crippen LogP contribution in [0, 0.1) is 0 Å². The minimum absolute atomic E-state index is 0.0825. The largest absolute Gasteiger partial charge is 0.486 e. The number of hydrogen-bond acceptors (Lipinski definition) is 4. The molecule has 5 heteroatoms. The van der Waals surface area contributed by atoms with Gasteiger partial charge in [0.05, 0.1) is 6.04 Å². The molecule has 0 fully saturated rings. The van der Waals surface area contributed by atoms with E-state index in [-0.39, 0.29) is 17.4 Å². The summed E-state index contributed by atoms with van der Waals surface area (Å²) in [5.41, 5.74) is 2.28. The molecule has 1 aliphatic rings. The van der Waals surface area contributed by atoms with Gasteiger partial charge in [0.25, 0.3) is 5.91 Å². The Morgan fingerprint density at radius 3 is 2.34 bits per heavy atom. The van der Waals surface area contributed by atoms with Gasteiger partial charge in [0, 0.05) is 0 Å². The van der Waals surface area contributed by atoms with Crippen LogP contribution in [0.15, 0.2) is 42.5 Å². The van der Waals surface area contributed by atoms with E-state index >= 15 is 0 Å². The smallest absolute Gasteiger partial charge is 0.261 e. The van der Waals surface area contributed by atoms with Crippen LogP contribution in [-0.2, 0) is 10.2 Å². The van der Waals surface area contributed by atoms with Gasteiger partial charge < -0.3 is 19.5 Å². The fourth-order valence-electron chi connectivity index (χ4n) is 3.24. The van der Waals surface area contributed by atoms with E-state index in [1.807, 2.05) is 44.2 Å². The molecule has 29 heavy (non-hydrogen) atoms. The molecule has 1 aliphatic heterocycles. The monoisotopic (exact) mass is 397 g/mol. The Hall–Kier alpha value is -2.69. The van der Waals surface area contributed by atoms with Crippen molar-refractivity contribution < 1.29 is 19.0 Å². The highest BCUT2D eigenvalue weighted by Crippen LogP contribution is 2.32. The average Bonchev–Trinajstić information content (AvgIpc) is 2.71. The molecular weight excluding hydrogens is 366 g/mol. The molecule has 5 nitrogen and oxygen atoms in total. The second-order valence-corrected chi connectivity index (χ2v) is 8.42. The summed E-state index contributed by atoms with van der Waals surface area (Å²) in [7, 11) is 0. The van der Waals surface area contributed by atoms with Crippen LogP contribution >= 0.6 is 0 Å². The molecule has 1 amide bonds. The summed E-state index contributed by atoms with van der Waals surface area (Å²) in [6.45, 7) is 11.5. The molecule has 0 saturated carbocycles. The number of nitrogens with one attached hydrogen (secondary N) is 1. The summed E-state index contributed by atoms with van der Waals surface area (Å²) in [6, 6.07) is 13.6. The Morgan fingerprint density at radius 2 is 1.72 bits per heavy atom. The van der Waals surface area contributed by atoms with Crippen LogP contribution in [-0.4, -0.2) is 25.2 Å². The van der Waals surface area contributed by atoms with Crippen molar-refractivity contribution in [2.24, 2.45) is 0 Å². The maximum atomic E-state index is 12.8. The first kappa shape index (κ1) is 21.0. The summed E-state index contributed by atoms with van der Waals surface area (Å²) in [5.74, 6) is 2.03. The van der Waals surface area contributed by atoms with Gasteiger partial charge in [-0.1, -0.05) is 45.9 Å². The molecule has 2 unspecified atom stereocenters. The van der Waals surface area contributed by atoms with E-state index in [1.54, 1.807) is 0 Å². The molecule has 1 N–H and O–H groups in total. The average molecular weight is 398 g/mol.